The lowest BCUT2D eigenvalue weighted by molar-refractivity contribution is 0.221. The van der Waals surface area contributed by atoms with Crippen molar-refractivity contribution in [3.8, 4) is 11.3 Å². The largest absolute Gasteiger partial charge is 0.384 e. The third-order valence-electron chi connectivity index (χ3n) is 5.97. The number of hydrogen-bond acceptors (Lipinski definition) is 5. The predicted octanol–water partition coefficient (Wildman–Crippen LogP) is 5.39. The number of benzene rings is 1. The van der Waals surface area contributed by atoms with Crippen LogP contribution in [0.1, 0.15) is 62.4 Å². The van der Waals surface area contributed by atoms with Crippen molar-refractivity contribution in [2.45, 2.75) is 52.3 Å². The number of unbranched alkanes of at least 4 members (excludes halogenated alkanes) is 1. The molecule has 0 radical (unpaired) electrons. The molecule has 33 heavy (non-hydrogen) atoms. The van der Waals surface area contributed by atoms with Gasteiger partial charge in [-0.15, -0.1) is 0 Å². The van der Waals surface area contributed by atoms with Crippen LogP contribution in [0.4, 0.5) is 0 Å². The zero-order chi connectivity index (χ0) is 23.4. The summed E-state index contributed by atoms with van der Waals surface area (Å²) >= 11 is 0. The second-order valence-corrected chi connectivity index (χ2v) is 8.99. The Balaban J connectivity index is 1.78. The van der Waals surface area contributed by atoms with Crippen LogP contribution in [0.5, 0.6) is 0 Å². The number of aliphatic hydroxyl groups is 1. The molecule has 0 saturated heterocycles. The second kappa shape index (κ2) is 10.2. The number of rotatable bonds is 9. The third kappa shape index (κ3) is 5.13. The van der Waals surface area contributed by atoms with Gasteiger partial charge < -0.3 is 10.0 Å². The molecule has 0 bridgehead atoms. The Labute approximate surface area is 195 Å². The SMILES string of the molecule is CCCCN(C)Cc1cccc(-c2cc(C(O)c3ccncc3)c3cnn(C(C)C)c3n2)c1. The van der Waals surface area contributed by atoms with Gasteiger partial charge in [-0.25, -0.2) is 9.67 Å². The molecule has 3 heterocycles. The fourth-order valence-corrected chi connectivity index (χ4v) is 4.17. The van der Waals surface area contributed by atoms with Gasteiger partial charge in [0.05, 0.1) is 11.9 Å². The van der Waals surface area contributed by atoms with Crippen molar-refractivity contribution in [2.24, 2.45) is 0 Å². The fraction of sp³-hybridized carbons (Fsp3) is 0.370. The lowest BCUT2D eigenvalue weighted by Gasteiger charge is -2.17. The summed E-state index contributed by atoms with van der Waals surface area (Å²) in [5.74, 6) is 0. The molecule has 0 amide bonds. The van der Waals surface area contributed by atoms with Crippen LogP contribution in [-0.2, 0) is 6.54 Å². The van der Waals surface area contributed by atoms with Gasteiger partial charge >= 0.3 is 0 Å². The highest BCUT2D eigenvalue weighted by Crippen LogP contribution is 2.33. The first kappa shape index (κ1) is 23.1. The zero-order valence-corrected chi connectivity index (χ0v) is 19.9. The number of pyridine rings is 2. The van der Waals surface area contributed by atoms with Gasteiger partial charge in [0.2, 0.25) is 0 Å². The molecule has 0 aliphatic carbocycles. The molecule has 0 spiro atoms. The van der Waals surface area contributed by atoms with Crippen LogP contribution in [0.25, 0.3) is 22.3 Å². The minimum atomic E-state index is -0.787. The molecular formula is C27H33N5O. The smallest absolute Gasteiger partial charge is 0.159 e. The molecule has 1 N–H and O–H groups in total. The van der Waals surface area contributed by atoms with E-state index in [9.17, 15) is 5.11 Å². The molecule has 0 fully saturated rings. The van der Waals surface area contributed by atoms with Crippen molar-refractivity contribution < 1.29 is 5.11 Å². The summed E-state index contributed by atoms with van der Waals surface area (Å²) < 4.78 is 1.92. The fourth-order valence-electron chi connectivity index (χ4n) is 4.17. The number of aliphatic hydroxyl groups excluding tert-OH is 1. The summed E-state index contributed by atoms with van der Waals surface area (Å²) in [4.78, 5) is 11.4. The maximum atomic E-state index is 11.3. The Morgan fingerprint density at radius 3 is 2.61 bits per heavy atom. The van der Waals surface area contributed by atoms with E-state index in [0.29, 0.717) is 0 Å². The third-order valence-corrected chi connectivity index (χ3v) is 5.97. The number of nitrogens with zero attached hydrogens (tertiary/aromatic N) is 5. The molecule has 3 aromatic heterocycles. The second-order valence-electron chi connectivity index (χ2n) is 8.99. The van der Waals surface area contributed by atoms with Crippen LogP contribution < -0.4 is 0 Å². The number of aromatic nitrogens is 4. The van der Waals surface area contributed by atoms with Gasteiger partial charge in [-0.05, 0) is 74.8 Å². The molecule has 4 aromatic rings. The van der Waals surface area contributed by atoms with Crippen LogP contribution in [0.3, 0.4) is 0 Å². The molecule has 0 aliphatic rings. The van der Waals surface area contributed by atoms with Gasteiger partial charge in [-0.3, -0.25) is 4.98 Å². The Bertz CT molecular complexity index is 1200. The van der Waals surface area contributed by atoms with Crippen LogP contribution >= 0.6 is 0 Å². The van der Waals surface area contributed by atoms with E-state index in [-0.39, 0.29) is 6.04 Å². The average molecular weight is 444 g/mol. The highest BCUT2D eigenvalue weighted by atomic mass is 16.3. The topological polar surface area (TPSA) is 67.1 Å². The lowest BCUT2D eigenvalue weighted by Crippen LogP contribution is -2.18. The van der Waals surface area contributed by atoms with E-state index in [1.165, 1.54) is 18.4 Å². The van der Waals surface area contributed by atoms with E-state index in [2.05, 4.69) is 67.1 Å². The van der Waals surface area contributed by atoms with E-state index in [1.807, 2.05) is 29.1 Å². The maximum absolute atomic E-state index is 11.3. The van der Waals surface area contributed by atoms with Crippen LogP contribution in [-0.4, -0.2) is 43.3 Å². The lowest BCUT2D eigenvalue weighted by atomic mass is 9.98. The van der Waals surface area contributed by atoms with Crippen LogP contribution in [0.2, 0.25) is 0 Å². The maximum Gasteiger partial charge on any atom is 0.159 e. The Morgan fingerprint density at radius 1 is 1.09 bits per heavy atom. The van der Waals surface area contributed by atoms with Gasteiger partial charge in [0.15, 0.2) is 5.65 Å². The first-order valence-electron chi connectivity index (χ1n) is 11.7. The normalized spacial score (nSPS) is 12.7. The quantitative estimate of drug-likeness (QED) is 0.376. The summed E-state index contributed by atoms with van der Waals surface area (Å²) in [5, 5.41) is 16.7. The van der Waals surface area contributed by atoms with Gasteiger partial charge in [-0.2, -0.15) is 5.10 Å². The van der Waals surface area contributed by atoms with Crippen LogP contribution in [0.15, 0.2) is 61.1 Å². The summed E-state index contributed by atoms with van der Waals surface area (Å²) in [7, 11) is 2.16. The van der Waals surface area contributed by atoms with Crippen molar-refractivity contribution >= 4 is 11.0 Å². The molecule has 1 unspecified atom stereocenters. The Kier molecular flexibility index (Phi) is 7.16. The van der Waals surface area contributed by atoms with Crippen molar-refractivity contribution in [3.05, 3.63) is 77.7 Å². The average Bonchev–Trinajstić information content (AvgIpc) is 3.27. The minimum absolute atomic E-state index is 0.162. The summed E-state index contributed by atoms with van der Waals surface area (Å²) in [6.45, 7) is 8.38. The molecule has 6 nitrogen and oxygen atoms in total. The Morgan fingerprint density at radius 2 is 1.88 bits per heavy atom. The minimum Gasteiger partial charge on any atom is -0.384 e. The number of hydrogen-bond donors (Lipinski definition) is 1. The molecule has 1 atom stereocenters. The van der Waals surface area contributed by atoms with E-state index in [1.54, 1.807) is 12.4 Å². The highest BCUT2D eigenvalue weighted by molar-refractivity contribution is 5.83. The summed E-state index contributed by atoms with van der Waals surface area (Å²) in [5.41, 5.74) is 5.52. The van der Waals surface area contributed by atoms with Gasteiger partial charge in [-0.1, -0.05) is 31.5 Å². The zero-order valence-electron chi connectivity index (χ0n) is 19.9. The standard InChI is InChI=1S/C27H33N5O/c1-5-6-14-31(4)18-20-8-7-9-22(15-20)25-16-23(26(33)21-10-12-28-13-11-21)24-17-29-32(19(2)3)27(24)30-25/h7-13,15-17,19,26,33H,5-6,14,18H2,1-4H3. The molecular weight excluding hydrogens is 410 g/mol. The first-order valence-corrected chi connectivity index (χ1v) is 11.7. The van der Waals surface area contributed by atoms with Crippen LogP contribution in [0, 0.1) is 0 Å². The van der Waals surface area contributed by atoms with Gasteiger partial charge in [0.1, 0.15) is 6.10 Å². The monoisotopic (exact) mass is 443 g/mol. The van der Waals surface area contributed by atoms with Crippen molar-refractivity contribution in [3.63, 3.8) is 0 Å². The van der Waals surface area contributed by atoms with E-state index in [0.717, 1.165) is 46.5 Å². The van der Waals surface area contributed by atoms with Crippen molar-refractivity contribution in [2.75, 3.05) is 13.6 Å². The summed E-state index contributed by atoms with van der Waals surface area (Å²) in [6, 6.07) is 14.4. The predicted molar refractivity (Wildman–Crippen MR) is 133 cm³/mol. The van der Waals surface area contributed by atoms with Crippen molar-refractivity contribution in [1.29, 1.82) is 0 Å². The van der Waals surface area contributed by atoms with E-state index < -0.39 is 6.10 Å². The molecule has 0 saturated carbocycles. The number of fused-ring (bicyclic) bond motifs is 1. The Hall–Kier alpha value is -3.09. The van der Waals surface area contributed by atoms with Gasteiger partial charge in [0.25, 0.3) is 0 Å². The van der Waals surface area contributed by atoms with E-state index in [4.69, 9.17) is 4.98 Å². The first-order chi connectivity index (χ1) is 16.0. The van der Waals surface area contributed by atoms with E-state index >= 15 is 0 Å². The van der Waals surface area contributed by atoms with Gasteiger partial charge in [0, 0.05) is 35.9 Å². The summed E-state index contributed by atoms with van der Waals surface area (Å²) in [6.07, 6.45) is 6.82. The molecule has 0 aliphatic heterocycles. The molecule has 4 rings (SSSR count). The highest BCUT2D eigenvalue weighted by Gasteiger charge is 2.20. The van der Waals surface area contributed by atoms with Crippen molar-refractivity contribution in [1.82, 2.24) is 24.6 Å². The molecule has 1 aromatic carbocycles. The molecule has 6 heteroatoms. The molecule has 172 valence electrons.